The summed E-state index contributed by atoms with van der Waals surface area (Å²) >= 11 is 0. The fourth-order valence-electron chi connectivity index (χ4n) is 2.55. The van der Waals surface area contributed by atoms with Crippen LogP contribution in [0.3, 0.4) is 0 Å². The van der Waals surface area contributed by atoms with Gasteiger partial charge in [-0.1, -0.05) is 19.3 Å². The standard InChI is InChI=1S/C16H20FNO2/c17-14-10-13(6-7-16(19)20)11-15(12-14)18-8-4-2-1-3-5-9-18/h6-7,10-12H,1-5,8-9H2,(H,19,20)/b7-6+. The van der Waals surface area contributed by atoms with Crippen molar-refractivity contribution in [1.82, 2.24) is 0 Å². The Kier molecular flexibility index (Phi) is 5.16. The molecule has 1 saturated heterocycles. The normalized spacial score (nSPS) is 16.9. The lowest BCUT2D eigenvalue weighted by Crippen LogP contribution is -2.27. The number of carbonyl (C=O) groups is 1. The Morgan fingerprint density at radius 2 is 1.75 bits per heavy atom. The lowest BCUT2D eigenvalue weighted by atomic mass is 10.1. The van der Waals surface area contributed by atoms with Gasteiger partial charge < -0.3 is 10.0 Å². The average Bonchev–Trinajstić information content (AvgIpc) is 2.35. The second-order valence-corrected chi connectivity index (χ2v) is 5.17. The van der Waals surface area contributed by atoms with Gasteiger partial charge in [-0.3, -0.25) is 0 Å². The molecule has 0 radical (unpaired) electrons. The molecular formula is C16H20FNO2. The van der Waals surface area contributed by atoms with Crippen LogP contribution in [0.1, 0.15) is 37.7 Å². The summed E-state index contributed by atoms with van der Waals surface area (Å²) in [6, 6.07) is 4.73. The van der Waals surface area contributed by atoms with Crippen LogP contribution < -0.4 is 4.90 Å². The Labute approximate surface area is 118 Å². The molecule has 1 aromatic rings. The molecule has 1 aliphatic heterocycles. The molecule has 0 atom stereocenters. The van der Waals surface area contributed by atoms with Crippen LogP contribution in [0, 0.1) is 5.82 Å². The number of carboxylic acids is 1. The predicted molar refractivity (Wildman–Crippen MR) is 78.4 cm³/mol. The Balaban J connectivity index is 2.19. The molecule has 1 heterocycles. The summed E-state index contributed by atoms with van der Waals surface area (Å²) in [5.41, 5.74) is 1.43. The van der Waals surface area contributed by atoms with Gasteiger partial charge in [0, 0.05) is 24.9 Å². The van der Waals surface area contributed by atoms with Crippen LogP contribution in [0.4, 0.5) is 10.1 Å². The van der Waals surface area contributed by atoms with Gasteiger partial charge in [-0.25, -0.2) is 9.18 Å². The summed E-state index contributed by atoms with van der Waals surface area (Å²) in [5, 5.41) is 8.64. The van der Waals surface area contributed by atoms with Crippen LogP contribution in [-0.2, 0) is 4.79 Å². The van der Waals surface area contributed by atoms with Crippen LogP contribution in [-0.4, -0.2) is 24.2 Å². The van der Waals surface area contributed by atoms with Crippen molar-refractivity contribution in [1.29, 1.82) is 0 Å². The number of nitrogens with zero attached hydrogens (tertiary/aromatic N) is 1. The van der Waals surface area contributed by atoms with Gasteiger partial charge in [-0.2, -0.15) is 0 Å². The molecule has 1 N–H and O–H groups in total. The highest BCUT2D eigenvalue weighted by Gasteiger charge is 2.10. The minimum atomic E-state index is -1.03. The Bertz CT molecular complexity index is 491. The third kappa shape index (κ3) is 4.37. The first-order valence-electron chi connectivity index (χ1n) is 7.12. The third-order valence-electron chi connectivity index (χ3n) is 3.54. The van der Waals surface area contributed by atoms with Gasteiger partial charge in [-0.05, 0) is 42.7 Å². The molecule has 0 saturated carbocycles. The monoisotopic (exact) mass is 277 g/mol. The summed E-state index contributed by atoms with van der Waals surface area (Å²) in [4.78, 5) is 12.7. The molecule has 0 unspecified atom stereocenters. The summed E-state index contributed by atoms with van der Waals surface area (Å²) < 4.78 is 13.7. The van der Waals surface area contributed by atoms with Gasteiger partial charge in [0.05, 0.1) is 0 Å². The highest BCUT2D eigenvalue weighted by atomic mass is 19.1. The summed E-state index contributed by atoms with van der Waals surface area (Å²) in [6.07, 6.45) is 8.43. The van der Waals surface area contributed by atoms with E-state index in [1.807, 2.05) is 6.07 Å². The molecule has 0 bridgehead atoms. The van der Waals surface area contributed by atoms with Crippen molar-refractivity contribution in [2.24, 2.45) is 0 Å². The second-order valence-electron chi connectivity index (χ2n) is 5.17. The van der Waals surface area contributed by atoms with Crippen molar-refractivity contribution < 1.29 is 14.3 Å². The molecule has 0 spiro atoms. The largest absolute Gasteiger partial charge is 0.478 e. The van der Waals surface area contributed by atoms with Gasteiger partial charge >= 0.3 is 5.97 Å². The number of benzene rings is 1. The summed E-state index contributed by atoms with van der Waals surface area (Å²) in [5.74, 6) is -1.35. The van der Waals surface area contributed by atoms with Crippen LogP contribution in [0.25, 0.3) is 6.08 Å². The number of hydrogen-bond donors (Lipinski definition) is 1. The summed E-state index contributed by atoms with van der Waals surface area (Å²) in [7, 11) is 0. The first-order chi connectivity index (χ1) is 9.65. The number of rotatable bonds is 3. The SMILES string of the molecule is O=C(O)/C=C/c1cc(F)cc(N2CCCCCCC2)c1. The number of anilines is 1. The maximum Gasteiger partial charge on any atom is 0.328 e. The van der Waals surface area contributed by atoms with Gasteiger partial charge in [0.2, 0.25) is 0 Å². The van der Waals surface area contributed by atoms with Crippen molar-refractivity contribution in [3.63, 3.8) is 0 Å². The van der Waals surface area contributed by atoms with E-state index < -0.39 is 5.97 Å². The van der Waals surface area contributed by atoms with E-state index in [4.69, 9.17) is 5.11 Å². The molecule has 2 rings (SSSR count). The van der Waals surface area contributed by atoms with Gasteiger partial charge in [0.25, 0.3) is 0 Å². The third-order valence-corrected chi connectivity index (χ3v) is 3.54. The molecule has 0 aromatic heterocycles. The highest BCUT2D eigenvalue weighted by molar-refractivity contribution is 5.85. The maximum absolute atomic E-state index is 13.7. The van der Waals surface area contributed by atoms with Crippen molar-refractivity contribution in [2.75, 3.05) is 18.0 Å². The molecule has 1 aromatic carbocycles. The van der Waals surface area contributed by atoms with E-state index in [9.17, 15) is 9.18 Å². The fraction of sp³-hybridized carbons (Fsp3) is 0.438. The van der Waals surface area contributed by atoms with E-state index in [2.05, 4.69) is 4.90 Å². The van der Waals surface area contributed by atoms with Crippen LogP contribution in [0.5, 0.6) is 0 Å². The van der Waals surface area contributed by atoms with Crippen LogP contribution in [0.15, 0.2) is 24.3 Å². The van der Waals surface area contributed by atoms with Crippen molar-refractivity contribution in [3.05, 3.63) is 35.7 Å². The quantitative estimate of drug-likeness (QED) is 0.856. The lowest BCUT2D eigenvalue weighted by molar-refractivity contribution is -0.131. The molecule has 20 heavy (non-hydrogen) atoms. The van der Waals surface area contributed by atoms with E-state index in [1.165, 1.54) is 37.5 Å². The second kappa shape index (κ2) is 7.08. The van der Waals surface area contributed by atoms with Crippen molar-refractivity contribution in [2.45, 2.75) is 32.1 Å². The van der Waals surface area contributed by atoms with E-state index >= 15 is 0 Å². The first-order valence-corrected chi connectivity index (χ1v) is 7.12. The van der Waals surface area contributed by atoms with Crippen LogP contribution in [0.2, 0.25) is 0 Å². The van der Waals surface area contributed by atoms with E-state index in [-0.39, 0.29) is 5.82 Å². The highest BCUT2D eigenvalue weighted by Crippen LogP contribution is 2.22. The zero-order valence-electron chi connectivity index (χ0n) is 11.5. The van der Waals surface area contributed by atoms with E-state index in [1.54, 1.807) is 0 Å². The number of carboxylic acid groups (broad SMARTS) is 1. The van der Waals surface area contributed by atoms with E-state index in [0.717, 1.165) is 37.7 Å². The first kappa shape index (κ1) is 14.6. The zero-order valence-corrected chi connectivity index (χ0v) is 11.5. The molecule has 3 nitrogen and oxygen atoms in total. The van der Waals surface area contributed by atoms with E-state index in [0.29, 0.717) is 5.56 Å². The molecule has 0 aliphatic carbocycles. The van der Waals surface area contributed by atoms with Crippen LogP contribution >= 0.6 is 0 Å². The number of aliphatic carboxylic acids is 1. The molecule has 1 fully saturated rings. The van der Waals surface area contributed by atoms with Gasteiger partial charge in [0.1, 0.15) is 5.82 Å². The topological polar surface area (TPSA) is 40.5 Å². The van der Waals surface area contributed by atoms with Gasteiger partial charge in [0.15, 0.2) is 0 Å². The lowest BCUT2D eigenvalue weighted by Gasteiger charge is -2.27. The number of halogens is 1. The minimum absolute atomic E-state index is 0.324. The molecule has 4 heteroatoms. The molecule has 1 aliphatic rings. The Morgan fingerprint density at radius 1 is 1.10 bits per heavy atom. The number of hydrogen-bond acceptors (Lipinski definition) is 2. The van der Waals surface area contributed by atoms with Crippen molar-refractivity contribution in [3.8, 4) is 0 Å². The van der Waals surface area contributed by atoms with Gasteiger partial charge in [-0.15, -0.1) is 0 Å². The predicted octanol–water partition coefficient (Wildman–Crippen LogP) is 3.69. The van der Waals surface area contributed by atoms with Crippen molar-refractivity contribution >= 4 is 17.7 Å². The molecular weight excluding hydrogens is 257 g/mol. The molecule has 0 amide bonds. The minimum Gasteiger partial charge on any atom is -0.478 e. The fourth-order valence-corrected chi connectivity index (χ4v) is 2.55. The Hall–Kier alpha value is -1.84. The Morgan fingerprint density at radius 3 is 2.40 bits per heavy atom. The average molecular weight is 277 g/mol. The summed E-state index contributed by atoms with van der Waals surface area (Å²) in [6.45, 7) is 1.87. The zero-order chi connectivity index (χ0) is 14.4. The maximum atomic E-state index is 13.7. The molecule has 108 valence electrons. The smallest absolute Gasteiger partial charge is 0.328 e.